The number of anilines is 2. The van der Waals surface area contributed by atoms with E-state index in [9.17, 15) is 0 Å². The van der Waals surface area contributed by atoms with Crippen LogP contribution >= 0.6 is 23.1 Å². The molecule has 130 valence electrons. The van der Waals surface area contributed by atoms with E-state index in [1.54, 1.807) is 23.1 Å². The molecule has 1 aromatic carbocycles. The van der Waals surface area contributed by atoms with Gasteiger partial charge in [0.15, 0.2) is 4.34 Å². The number of aromatic nitrogens is 4. The van der Waals surface area contributed by atoms with Gasteiger partial charge in [-0.2, -0.15) is 0 Å². The van der Waals surface area contributed by atoms with Crippen LogP contribution in [-0.2, 0) is 5.75 Å². The van der Waals surface area contributed by atoms with Crippen LogP contribution < -0.4 is 11.1 Å². The molecule has 0 unspecified atom stereocenters. The Morgan fingerprint density at radius 1 is 1.12 bits per heavy atom. The molecule has 0 atom stereocenters. The van der Waals surface area contributed by atoms with Crippen LogP contribution in [0.2, 0.25) is 0 Å². The molecule has 3 N–H and O–H groups in total. The maximum atomic E-state index is 6.04. The van der Waals surface area contributed by atoms with E-state index < -0.39 is 0 Å². The molecule has 0 bridgehead atoms. The number of hydrogen-bond donors (Lipinski definition) is 2. The van der Waals surface area contributed by atoms with Gasteiger partial charge in [0, 0.05) is 11.4 Å². The number of para-hydroxylation sites is 1. The number of nitrogens with two attached hydrogens (primary N) is 1. The van der Waals surface area contributed by atoms with Crippen LogP contribution in [0, 0.1) is 0 Å². The third-order valence-electron chi connectivity index (χ3n) is 4.34. The molecule has 1 aliphatic rings. The van der Waals surface area contributed by atoms with Gasteiger partial charge in [-0.3, -0.25) is 0 Å². The first-order valence-electron chi connectivity index (χ1n) is 8.52. The summed E-state index contributed by atoms with van der Waals surface area (Å²) in [5.74, 6) is 1.88. The molecule has 4 rings (SSSR count). The van der Waals surface area contributed by atoms with Gasteiger partial charge in [-0.1, -0.05) is 54.5 Å². The molecule has 2 aromatic heterocycles. The van der Waals surface area contributed by atoms with Gasteiger partial charge in [0.1, 0.15) is 11.6 Å². The number of nitrogen functional groups attached to an aromatic ring is 1. The predicted molar refractivity (Wildman–Crippen MR) is 104 cm³/mol. The molecule has 0 saturated heterocycles. The van der Waals surface area contributed by atoms with Gasteiger partial charge in [-0.15, -0.1) is 10.2 Å². The normalized spacial score (nSPS) is 15.5. The highest BCUT2D eigenvalue weighted by Gasteiger charge is 2.15. The Morgan fingerprint density at radius 2 is 1.96 bits per heavy atom. The Bertz CT molecular complexity index is 859. The average molecular weight is 373 g/mol. The molecule has 1 saturated carbocycles. The van der Waals surface area contributed by atoms with E-state index in [-0.39, 0.29) is 0 Å². The van der Waals surface area contributed by atoms with Gasteiger partial charge in [0.05, 0.1) is 11.3 Å². The Labute approximate surface area is 154 Å². The van der Waals surface area contributed by atoms with Gasteiger partial charge in [0.25, 0.3) is 0 Å². The monoisotopic (exact) mass is 372 g/mol. The molecule has 0 spiro atoms. The van der Waals surface area contributed by atoms with Crippen molar-refractivity contribution >= 4 is 45.0 Å². The highest BCUT2D eigenvalue weighted by Crippen LogP contribution is 2.30. The average Bonchev–Trinajstić information content (AvgIpc) is 3.08. The van der Waals surface area contributed by atoms with Gasteiger partial charge in [0.2, 0.25) is 5.13 Å². The van der Waals surface area contributed by atoms with Crippen molar-refractivity contribution in [2.24, 2.45) is 0 Å². The molecule has 1 fully saturated rings. The zero-order chi connectivity index (χ0) is 17.1. The van der Waals surface area contributed by atoms with E-state index >= 15 is 0 Å². The maximum absolute atomic E-state index is 6.04. The van der Waals surface area contributed by atoms with Gasteiger partial charge >= 0.3 is 0 Å². The van der Waals surface area contributed by atoms with Crippen molar-refractivity contribution in [3.05, 3.63) is 30.1 Å². The summed E-state index contributed by atoms with van der Waals surface area (Å²) in [5.41, 5.74) is 6.92. The molecule has 3 aromatic rings. The summed E-state index contributed by atoms with van der Waals surface area (Å²) >= 11 is 3.19. The summed E-state index contributed by atoms with van der Waals surface area (Å²) < 4.78 is 0.925. The summed E-state index contributed by atoms with van der Waals surface area (Å²) in [6.07, 6.45) is 6.42. The number of fused-ring (bicyclic) bond motifs is 1. The first-order valence-corrected chi connectivity index (χ1v) is 10.3. The van der Waals surface area contributed by atoms with Gasteiger partial charge in [-0.05, 0) is 25.0 Å². The van der Waals surface area contributed by atoms with Crippen molar-refractivity contribution in [3.63, 3.8) is 0 Å². The fourth-order valence-corrected chi connectivity index (χ4v) is 4.77. The smallest absolute Gasteiger partial charge is 0.206 e. The third-order valence-corrected chi connectivity index (χ3v) is 6.33. The highest BCUT2D eigenvalue weighted by atomic mass is 32.2. The van der Waals surface area contributed by atoms with Crippen LogP contribution in [0.3, 0.4) is 0 Å². The Balaban J connectivity index is 1.40. The number of thioether (sulfide) groups is 1. The van der Waals surface area contributed by atoms with E-state index in [4.69, 9.17) is 5.73 Å². The van der Waals surface area contributed by atoms with E-state index in [1.807, 2.05) is 24.3 Å². The number of rotatable bonds is 5. The second kappa shape index (κ2) is 7.53. The van der Waals surface area contributed by atoms with E-state index in [0.29, 0.717) is 17.6 Å². The van der Waals surface area contributed by atoms with Crippen LogP contribution in [0.5, 0.6) is 0 Å². The lowest BCUT2D eigenvalue weighted by molar-refractivity contribution is 0.462. The van der Waals surface area contributed by atoms with Crippen molar-refractivity contribution in [2.75, 3.05) is 11.1 Å². The zero-order valence-electron chi connectivity index (χ0n) is 13.8. The second-order valence-corrected chi connectivity index (χ2v) is 8.38. The number of nitrogens with one attached hydrogen (secondary N) is 1. The zero-order valence-corrected chi connectivity index (χ0v) is 15.4. The van der Waals surface area contributed by atoms with E-state index in [1.165, 1.54) is 32.1 Å². The largest absolute Gasteiger partial charge is 0.383 e. The number of benzene rings is 1. The van der Waals surface area contributed by atoms with Crippen molar-refractivity contribution in [1.82, 2.24) is 20.2 Å². The second-order valence-electron chi connectivity index (χ2n) is 6.18. The first-order chi connectivity index (χ1) is 12.3. The molecule has 0 aliphatic heterocycles. The molecule has 2 heterocycles. The predicted octanol–water partition coefficient (Wildman–Crippen LogP) is 4.10. The first kappa shape index (κ1) is 16.5. The summed E-state index contributed by atoms with van der Waals surface area (Å²) in [4.78, 5) is 8.98. The van der Waals surface area contributed by atoms with Gasteiger partial charge in [-0.25, -0.2) is 9.97 Å². The third kappa shape index (κ3) is 4.01. The lowest BCUT2D eigenvalue weighted by Crippen LogP contribution is -2.21. The minimum atomic E-state index is 0.526. The lowest BCUT2D eigenvalue weighted by atomic mass is 9.96. The number of nitrogens with zero attached hydrogens (tertiary/aromatic N) is 4. The molecular formula is C17H20N6S2. The lowest BCUT2D eigenvalue weighted by Gasteiger charge is -2.21. The van der Waals surface area contributed by atoms with Crippen molar-refractivity contribution < 1.29 is 0 Å². The Hall–Kier alpha value is -1.93. The SMILES string of the molecule is Nc1nc(CSc2nnc(NC3CCCCC3)s2)nc2ccccc12. The van der Waals surface area contributed by atoms with Crippen molar-refractivity contribution in [3.8, 4) is 0 Å². The summed E-state index contributed by atoms with van der Waals surface area (Å²) in [6, 6.07) is 8.34. The summed E-state index contributed by atoms with van der Waals surface area (Å²) in [7, 11) is 0. The molecule has 0 radical (unpaired) electrons. The van der Waals surface area contributed by atoms with Crippen molar-refractivity contribution in [1.29, 1.82) is 0 Å². The Morgan fingerprint density at radius 3 is 2.84 bits per heavy atom. The summed E-state index contributed by atoms with van der Waals surface area (Å²) in [5, 5.41) is 13.8. The van der Waals surface area contributed by atoms with E-state index in [2.05, 4.69) is 25.5 Å². The van der Waals surface area contributed by atoms with Crippen LogP contribution in [-0.4, -0.2) is 26.2 Å². The van der Waals surface area contributed by atoms with Gasteiger partial charge < -0.3 is 11.1 Å². The van der Waals surface area contributed by atoms with Crippen LogP contribution in [0.15, 0.2) is 28.6 Å². The fourth-order valence-electron chi connectivity index (χ4n) is 3.09. The maximum Gasteiger partial charge on any atom is 0.206 e. The molecule has 0 amide bonds. The van der Waals surface area contributed by atoms with Crippen LogP contribution in [0.1, 0.15) is 37.9 Å². The minimum Gasteiger partial charge on any atom is -0.383 e. The molecule has 25 heavy (non-hydrogen) atoms. The minimum absolute atomic E-state index is 0.526. The summed E-state index contributed by atoms with van der Waals surface area (Å²) in [6.45, 7) is 0. The van der Waals surface area contributed by atoms with Crippen LogP contribution in [0.25, 0.3) is 10.9 Å². The molecule has 1 aliphatic carbocycles. The quantitative estimate of drug-likeness (QED) is 0.652. The standard InChI is InChI=1S/C17H20N6S2/c18-15-12-8-4-5-9-13(12)20-14(21-15)10-24-17-23-22-16(25-17)19-11-6-2-1-3-7-11/h4-5,8-9,11H,1-3,6-7,10H2,(H,19,22)(H2,18,20,21). The molecule has 6 nitrogen and oxygen atoms in total. The van der Waals surface area contributed by atoms with Crippen LogP contribution in [0.4, 0.5) is 10.9 Å². The fraction of sp³-hybridized carbons (Fsp3) is 0.412. The van der Waals surface area contributed by atoms with Crippen molar-refractivity contribution in [2.45, 2.75) is 48.2 Å². The number of hydrogen-bond acceptors (Lipinski definition) is 8. The Kier molecular flexibility index (Phi) is 4.98. The molecule has 8 heteroatoms. The molecular weight excluding hydrogens is 352 g/mol. The highest BCUT2D eigenvalue weighted by molar-refractivity contribution is 8.00. The topological polar surface area (TPSA) is 89.6 Å². The van der Waals surface area contributed by atoms with E-state index in [0.717, 1.165) is 26.2 Å².